The lowest BCUT2D eigenvalue weighted by Crippen LogP contribution is -2.40. The van der Waals surface area contributed by atoms with Crippen LogP contribution in [0.5, 0.6) is 0 Å². The molecule has 22 heavy (non-hydrogen) atoms. The SMILES string of the molecule is CCCCC(N)(Cc1ccc(Cl)c(Cl)c1)c1ccc(Br)cn1. The smallest absolute Gasteiger partial charge is 0.0624 e. The van der Waals surface area contributed by atoms with Crippen molar-refractivity contribution in [3.05, 3.63) is 62.3 Å². The average molecular weight is 402 g/mol. The van der Waals surface area contributed by atoms with Crippen LogP contribution >= 0.6 is 39.1 Å². The molecule has 2 aromatic rings. The Morgan fingerprint density at radius 1 is 1.18 bits per heavy atom. The number of benzene rings is 1. The molecule has 2 rings (SSSR count). The first kappa shape index (κ1) is 17.7. The van der Waals surface area contributed by atoms with E-state index in [9.17, 15) is 0 Å². The monoisotopic (exact) mass is 400 g/mol. The average Bonchev–Trinajstić information content (AvgIpc) is 2.49. The molecule has 0 spiro atoms. The van der Waals surface area contributed by atoms with E-state index in [0.29, 0.717) is 16.5 Å². The van der Waals surface area contributed by atoms with Gasteiger partial charge in [-0.25, -0.2) is 0 Å². The Hall–Kier alpha value is -0.610. The van der Waals surface area contributed by atoms with Crippen LogP contribution in [0.1, 0.15) is 37.4 Å². The second-order valence-electron chi connectivity index (χ2n) is 5.55. The van der Waals surface area contributed by atoms with Gasteiger partial charge >= 0.3 is 0 Å². The summed E-state index contributed by atoms with van der Waals surface area (Å²) in [7, 11) is 0. The molecule has 5 heteroatoms. The van der Waals surface area contributed by atoms with Crippen molar-refractivity contribution in [2.24, 2.45) is 5.73 Å². The summed E-state index contributed by atoms with van der Waals surface area (Å²) in [6, 6.07) is 9.63. The van der Waals surface area contributed by atoms with Crippen molar-refractivity contribution < 1.29 is 0 Å². The lowest BCUT2D eigenvalue weighted by Gasteiger charge is -2.29. The molecule has 1 atom stereocenters. The minimum atomic E-state index is -0.506. The normalized spacial score (nSPS) is 13.9. The van der Waals surface area contributed by atoms with Gasteiger partial charge < -0.3 is 5.73 Å². The Kier molecular flexibility index (Phi) is 6.27. The standard InChI is InChI=1S/C17H19BrCl2N2/c1-2-3-8-17(21,16-7-5-13(18)11-22-16)10-12-4-6-14(19)15(20)9-12/h4-7,9,11H,2-3,8,10,21H2,1H3. The van der Waals surface area contributed by atoms with E-state index in [2.05, 4.69) is 27.8 Å². The van der Waals surface area contributed by atoms with Gasteiger partial charge in [-0.2, -0.15) is 0 Å². The zero-order valence-electron chi connectivity index (χ0n) is 12.5. The molecule has 1 heterocycles. The van der Waals surface area contributed by atoms with Gasteiger partial charge in [0.15, 0.2) is 0 Å². The van der Waals surface area contributed by atoms with Crippen LogP contribution < -0.4 is 5.73 Å². The number of pyridine rings is 1. The number of rotatable bonds is 6. The lowest BCUT2D eigenvalue weighted by atomic mass is 9.83. The molecule has 2 N–H and O–H groups in total. The number of unbranched alkanes of at least 4 members (excludes halogenated alkanes) is 1. The van der Waals surface area contributed by atoms with Crippen LogP contribution in [-0.2, 0) is 12.0 Å². The number of nitrogens with zero attached hydrogens (tertiary/aromatic N) is 1. The maximum atomic E-state index is 6.72. The molecule has 0 saturated heterocycles. The van der Waals surface area contributed by atoms with Crippen molar-refractivity contribution in [2.45, 2.75) is 38.1 Å². The van der Waals surface area contributed by atoms with Crippen LogP contribution in [-0.4, -0.2) is 4.98 Å². The summed E-state index contributed by atoms with van der Waals surface area (Å²) >= 11 is 15.5. The van der Waals surface area contributed by atoms with E-state index in [4.69, 9.17) is 28.9 Å². The number of nitrogens with two attached hydrogens (primary N) is 1. The van der Waals surface area contributed by atoms with Crippen LogP contribution in [0.4, 0.5) is 0 Å². The van der Waals surface area contributed by atoms with Crippen molar-refractivity contribution in [1.82, 2.24) is 4.98 Å². The van der Waals surface area contributed by atoms with Crippen molar-refractivity contribution in [2.75, 3.05) is 0 Å². The van der Waals surface area contributed by atoms with Crippen molar-refractivity contribution in [3.8, 4) is 0 Å². The molecule has 0 bridgehead atoms. The van der Waals surface area contributed by atoms with Crippen LogP contribution in [0, 0.1) is 0 Å². The van der Waals surface area contributed by atoms with Crippen LogP contribution in [0.2, 0.25) is 10.0 Å². The topological polar surface area (TPSA) is 38.9 Å². The van der Waals surface area contributed by atoms with E-state index in [0.717, 1.165) is 35.0 Å². The fraction of sp³-hybridized carbons (Fsp3) is 0.353. The maximum Gasteiger partial charge on any atom is 0.0624 e. The summed E-state index contributed by atoms with van der Waals surface area (Å²) in [5.41, 5.74) is 8.18. The molecule has 1 unspecified atom stereocenters. The van der Waals surface area contributed by atoms with Gasteiger partial charge in [-0.3, -0.25) is 4.98 Å². The highest BCUT2D eigenvalue weighted by Gasteiger charge is 2.28. The Balaban J connectivity index is 2.31. The summed E-state index contributed by atoms with van der Waals surface area (Å²) in [5, 5.41) is 1.11. The second-order valence-corrected chi connectivity index (χ2v) is 7.28. The van der Waals surface area contributed by atoms with Crippen LogP contribution in [0.15, 0.2) is 41.0 Å². The van der Waals surface area contributed by atoms with Crippen LogP contribution in [0.25, 0.3) is 0 Å². The third-order valence-electron chi connectivity index (χ3n) is 3.72. The fourth-order valence-corrected chi connectivity index (χ4v) is 3.04. The molecule has 0 amide bonds. The first-order valence-corrected chi connectivity index (χ1v) is 8.84. The van der Waals surface area contributed by atoms with E-state index in [1.54, 1.807) is 6.20 Å². The van der Waals surface area contributed by atoms with Gasteiger partial charge in [0, 0.05) is 10.7 Å². The van der Waals surface area contributed by atoms with E-state index in [1.807, 2.05) is 30.3 Å². The lowest BCUT2D eigenvalue weighted by molar-refractivity contribution is 0.380. The first-order chi connectivity index (χ1) is 10.4. The molecular formula is C17H19BrCl2N2. The van der Waals surface area contributed by atoms with Gasteiger partial charge in [0.05, 0.1) is 21.3 Å². The molecule has 0 saturated carbocycles. The molecule has 0 aliphatic heterocycles. The molecule has 1 aromatic carbocycles. The second kappa shape index (κ2) is 7.78. The number of halogens is 3. The van der Waals surface area contributed by atoms with Crippen molar-refractivity contribution in [1.29, 1.82) is 0 Å². The predicted molar refractivity (Wildman–Crippen MR) is 97.5 cm³/mol. The van der Waals surface area contributed by atoms with E-state index < -0.39 is 5.54 Å². The molecule has 118 valence electrons. The molecule has 0 aliphatic carbocycles. The van der Waals surface area contributed by atoms with E-state index in [-0.39, 0.29) is 0 Å². The predicted octanol–water partition coefficient (Wildman–Crippen LogP) is 5.74. The zero-order valence-corrected chi connectivity index (χ0v) is 15.5. The van der Waals surface area contributed by atoms with Gasteiger partial charge in [-0.1, -0.05) is 49.0 Å². The fourth-order valence-electron chi connectivity index (χ4n) is 2.48. The van der Waals surface area contributed by atoms with Crippen molar-refractivity contribution >= 4 is 39.1 Å². The molecule has 2 nitrogen and oxygen atoms in total. The highest BCUT2D eigenvalue weighted by Crippen LogP contribution is 2.30. The highest BCUT2D eigenvalue weighted by molar-refractivity contribution is 9.10. The van der Waals surface area contributed by atoms with Gasteiger partial charge in [0.25, 0.3) is 0 Å². The summed E-state index contributed by atoms with van der Waals surface area (Å²) in [5.74, 6) is 0. The maximum absolute atomic E-state index is 6.72. The molecule has 0 aliphatic rings. The molecule has 1 aromatic heterocycles. The summed E-state index contributed by atoms with van der Waals surface area (Å²) < 4.78 is 0.948. The Morgan fingerprint density at radius 3 is 2.55 bits per heavy atom. The molecular weight excluding hydrogens is 383 g/mol. The first-order valence-electron chi connectivity index (χ1n) is 7.29. The summed E-state index contributed by atoms with van der Waals surface area (Å²) in [6.45, 7) is 2.16. The zero-order chi connectivity index (χ0) is 16.2. The third-order valence-corrected chi connectivity index (χ3v) is 4.93. The van der Waals surface area contributed by atoms with Gasteiger partial charge in [-0.05, 0) is 58.6 Å². The minimum Gasteiger partial charge on any atom is -0.320 e. The molecule has 0 radical (unpaired) electrons. The third kappa shape index (κ3) is 4.45. The number of aromatic nitrogens is 1. The Labute approximate surface area is 150 Å². The quantitative estimate of drug-likeness (QED) is 0.670. The van der Waals surface area contributed by atoms with E-state index >= 15 is 0 Å². The number of hydrogen-bond donors (Lipinski definition) is 1. The minimum absolute atomic E-state index is 0.506. The van der Waals surface area contributed by atoms with Crippen molar-refractivity contribution in [3.63, 3.8) is 0 Å². The summed E-state index contributed by atoms with van der Waals surface area (Å²) in [6.07, 6.45) is 5.49. The van der Waals surface area contributed by atoms with Gasteiger partial charge in [0.2, 0.25) is 0 Å². The molecule has 0 fully saturated rings. The largest absolute Gasteiger partial charge is 0.320 e. The summed E-state index contributed by atoms with van der Waals surface area (Å²) in [4.78, 5) is 4.51. The number of hydrogen-bond acceptors (Lipinski definition) is 2. The van der Waals surface area contributed by atoms with Gasteiger partial charge in [0.1, 0.15) is 0 Å². The van der Waals surface area contributed by atoms with E-state index in [1.165, 1.54) is 0 Å². The Bertz CT molecular complexity index is 631. The van der Waals surface area contributed by atoms with Gasteiger partial charge in [-0.15, -0.1) is 0 Å². The van der Waals surface area contributed by atoms with Crippen LogP contribution in [0.3, 0.4) is 0 Å². The highest BCUT2D eigenvalue weighted by atomic mass is 79.9. The Morgan fingerprint density at radius 2 is 1.95 bits per heavy atom.